The van der Waals surface area contributed by atoms with E-state index in [-0.39, 0.29) is 56.2 Å². The number of benzene rings is 2. The number of rotatable bonds is 23. The second-order valence-corrected chi connectivity index (χ2v) is 12.0. The van der Waals surface area contributed by atoms with Crippen LogP contribution in [0.2, 0.25) is 0 Å². The van der Waals surface area contributed by atoms with Crippen LogP contribution in [0.3, 0.4) is 0 Å². The first-order valence-corrected chi connectivity index (χ1v) is 16.3. The fourth-order valence-electron chi connectivity index (χ4n) is 5.12. The molecule has 0 spiro atoms. The predicted octanol–water partition coefficient (Wildman–Crippen LogP) is 2.97. The minimum atomic E-state index is -1.30. The molecular formula is C35H48N6O8. The van der Waals surface area contributed by atoms with Gasteiger partial charge in [0.05, 0.1) is 11.9 Å². The number of Topliss-reactive ketones (excluding diaryl/α,β-unsaturated/α-hetero) is 1. The van der Waals surface area contributed by atoms with Crippen molar-refractivity contribution in [2.24, 2.45) is 17.4 Å². The average Bonchev–Trinajstić information content (AvgIpc) is 3.04. The van der Waals surface area contributed by atoms with Crippen LogP contribution in [0, 0.1) is 11.3 Å². The Labute approximate surface area is 285 Å². The van der Waals surface area contributed by atoms with Crippen LogP contribution in [0.1, 0.15) is 76.7 Å². The van der Waals surface area contributed by atoms with Gasteiger partial charge >= 0.3 is 11.9 Å². The molecule has 266 valence electrons. The van der Waals surface area contributed by atoms with E-state index >= 15 is 0 Å². The molecule has 2 aromatic carbocycles. The van der Waals surface area contributed by atoms with Crippen LogP contribution in [-0.2, 0) is 35.2 Å². The Morgan fingerprint density at radius 2 is 1.45 bits per heavy atom. The molecule has 49 heavy (non-hydrogen) atoms. The third-order valence-electron chi connectivity index (χ3n) is 7.88. The van der Waals surface area contributed by atoms with Crippen molar-refractivity contribution < 1.29 is 39.0 Å². The molecule has 14 nitrogen and oxygen atoms in total. The van der Waals surface area contributed by atoms with Gasteiger partial charge in [0.15, 0.2) is 0 Å². The van der Waals surface area contributed by atoms with E-state index in [1.54, 1.807) is 0 Å². The quantitative estimate of drug-likeness (QED) is 0.0484. The van der Waals surface area contributed by atoms with Gasteiger partial charge in [-0.2, -0.15) is 0 Å². The maximum atomic E-state index is 13.3. The summed E-state index contributed by atoms with van der Waals surface area (Å²) in [6.07, 6.45) is 2.29. The number of nitrogens with two attached hydrogens (primary N) is 2. The number of carboxylic acids is 2. The van der Waals surface area contributed by atoms with E-state index in [0.29, 0.717) is 44.2 Å². The second-order valence-electron chi connectivity index (χ2n) is 12.0. The van der Waals surface area contributed by atoms with Gasteiger partial charge in [-0.3, -0.25) is 29.4 Å². The Balaban J connectivity index is 2.04. The molecule has 0 heterocycles. The van der Waals surface area contributed by atoms with E-state index in [1.807, 2.05) is 48.5 Å². The number of nitrogens with one attached hydrogen (secondary N) is 4. The van der Waals surface area contributed by atoms with Crippen LogP contribution in [0.5, 0.6) is 0 Å². The number of unbranched alkanes of at least 4 members (excludes halogenated alkanes) is 1. The number of aliphatic carboxylic acids is 2. The first kappa shape index (κ1) is 40.1. The molecule has 2 rings (SSSR count). The van der Waals surface area contributed by atoms with E-state index in [0.717, 1.165) is 16.7 Å². The van der Waals surface area contributed by atoms with E-state index < -0.39 is 41.8 Å². The van der Waals surface area contributed by atoms with Crippen molar-refractivity contribution in [1.82, 2.24) is 10.6 Å². The van der Waals surface area contributed by atoms with Crippen molar-refractivity contribution in [3.63, 3.8) is 0 Å². The molecule has 0 saturated carbocycles. The number of carboxylic acid groups (broad SMARTS) is 2. The van der Waals surface area contributed by atoms with Crippen LogP contribution in [0.15, 0.2) is 48.5 Å². The van der Waals surface area contributed by atoms with Crippen molar-refractivity contribution >= 4 is 47.0 Å². The molecule has 0 radical (unpaired) electrons. The molecule has 0 bridgehead atoms. The van der Waals surface area contributed by atoms with Crippen LogP contribution in [-0.4, -0.2) is 70.1 Å². The second kappa shape index (κ2) is 21.0. The Hall–Kier alpha value is -5.11. The number of hydrogen-bond acceptors (Lipinski definition) is 8. The Bertz CT molecular complexity index is 1450. The van der Waals surface area contributed by atoms with Crippen LogP contribution < -0.4 is 27.4 Å². The maximum absolute atomic E-state index is 13.3. The Kier molecular flexibility index (Phi) is 17.2. The van der Waals surface area contributed by atoms with Crippen LogP contribution in [0.4, 0.5) is 5.69 Å². The van der Waals surface area contributed by atoms with Gasteiger partial charge < -0.3 is 37.6 Å². The first-order valence-electron chi connectivity index (χ1n) is 16.3. The first-order chi connectivity index (χ1) is 23.2. The van der Waals surface area contributed by atoms with Gasteiger partial charge in [0, 0.05) is 50.8 Å². The highest BCUT2D eigenvalue weighted by Crippen LogP contribution is 2.23. The highest BCUT2D eigenvalue weighted by molar-refractivity contribution is 5.90. The molecule has 0 saturated heterocycles. The summed E-state index contributed by atoms with van der Waals surface area (Å²) >= 11 is 0. The molecule has 0 aromatic heterocycles. The van der Waals surface area contributed by atoms with E-state index in [9.17, 15) is 33.9 Å². The third kappa shape index (κ3) is 16.0. The molecule has 0 aliphatic rings. The SMILES string of the molecule is CC(=O)Nc1ccc(-c2ccc(CC[C@@H](CC(=O)[C@@H](N)CCCCC(=N)N)C(=O)NCC[C@@H](NC(=O)CCCC(=O)O)C(=O)O)cc2)cc1. The molecule has 0 aliphatic carbocycles. The summed E-state index contributed by atoms with van der Waals surface area (Å²) in [6.45, 7) is 1.36. The highest BCUT2D eigenvalue weighted by Gasteiger charge is 2.26. The Morgan fingerprint density at radius 3 is 2.02 bits per heavy atom. The fraction of sp³-hybridized carbons (Fsp3) is 0.457. The van der Waals surface area contributed by atoms with Crippen molar-refractivity contribution in [3.8, 4) is 11.1 Å². The van der Waals surface area contributed by atoms with Crippen molar-refractivity contribution in [2.45, 2.75) is 89.6 Å². The number of ketones is 1. The average molecular weight is 681 g/mol. The highest BCUT2D eigenvalue weighted by atomic mass is 16.4. The lowest BCUT2D eigenvalue weighted by molar-refractivity contribution is -0.142. The zero-order valence-corrected chi connectivity index (χ0v) is 27.8. The van der Waals surface area contributed by atoms with Gasteiger partial charge in [-0.25, -0.2) is 4.79 Å². The molecule has 3 atom stereocenters. The molecule has 0 aliphatic heterocycles. The van der Waals surface area contributed by atoms with Crippen LogP contribution in [0.25, 0.3) is 11.1 Å². The van der Waals surface area contributed by atoms with Crippen LogP contribution >= 0.6 is 0 Å². The van der Waals surface area contributed by atoms with Crippen molar-refractivity contribution in [3.05, 3.63) is 54.1 Å². The van der Waals surface area contributed by atoms with Crippen molar-refractivity contribution in [1.29, 1.82) is 5.41 Å². The molecular weight excluding hydrogens is 632 g/mol. The number of anilines is 1. The zero-order valence-electron chi connectivity index (χ0n) is 27.8. The summed E-state index contributed by atoms with van der Waals surface area (Å²) < 4.78 is 0. The maximum Gasteiger partial charge on any atom is 0.326 e. The summed E-state index contributed by atoms with van der Waals surface area (Å²) in [5.41, 5.74) is 15.1. The largest absolute Gasteiger partial charge is 0.481 e. The normalized spacial score (nSPS) is 12.6. The molecule has 14 heteroatoms. The Morgan fingerprint density at radius 1 is 0.816 bits per heavy atom. The summed E-state index contributed by atoms with van der Waals surface area (Å²) in [7, 11) is 0. The smallest absolute Gasteiger partial charge is 0.326 e. The summed E-state index contributed by atoms with van der Waals surface area (Å²) in [4.78, 5) is 72.1. The lowest BCUT2D eigenvalue weighted by Gasteiger charge is -2.20. The standard InChI is InChI=1S/C35H48N6O8/c1-22(42)40-27-17-15-25(16-18-27)24-12-9-23(10-13-24)11-14-26(21-30(43)28(36)5-2-3-6-31(37)38)34(47)39-20-19-29(35(48)49)41-32(44)7-4-8-33(45)46/h9-10,12-13,15-18,26,28-29H,2-8,11,14,19-21,36H2,1H3,(H3,37,38)(H,39,47)(H,40,42)(H,41,44)(H,45,46)(H,48,49)/t26-,28-,29+/m0/s1. The number of amidine groups is 1. The van der Waals surface area contributed by atoms with Gasteiger partial charge in [-0.1, -0.05) is 42.8 Å². The molecule has 10 N–H and O–H groups in total. The van der Waals surface area contributed by atoms with Crippen molar-refractivity contribution in [2.75, 3.05) is 11.9 Å². The van der Waals surface area contributed by atoms with Gasteiger partial charge in [0.2, 0.25) is 17.7 Å². The zero-order chi connectivity index (χ0) is 36.3. The number of amides is 3. The number of hydrogen-bond donors (Lipinski definition) is 8. The molecule has 0 fully saturated rings. The molecule has 0 unspecified atom stereocenters. The topological polar surface area (TPSA) is 255 Å². The third-order valence-corrected chi connectivity index (χ3v) is 7.88. The minimum Gasteiger partial charge on any atom is -0.481 e. The van der Waals surface area contributed by atoms with Gasteiger partial charge in [0.25, 0.3) is 0 Å². The monoisotopic (exact) mass is 680 g/mol. The fourth-order valence-corrected chi connectivity index (χ4v) is 5.12. The summed E-state index contributed by atoms with van der Waals surface area (Å²) in [6, 6.07) is 13.1. The minimum absolute atomic E-state index is 0.0624. The molecule has 2 aromatic rings. The van der Waals surface area contributed by atoms with Gasteiger partial charge in [0.1, 0.15) is 11.8 Å². The lowest BCUT2D eigenvalue weighted by Crippen LogP contribution is -2.44. The van der Waals surface area contributed by atoms with Gasteiger partial charge in [-0.15, -0.1) is 0 Å². The number of carbonyl (C=O) groups is 6. The number of aryl methyl sites for hydroxylation is 1. The molecule has 3 amide bonds. The van der Waals surface area contributed by atoms with Gasteiger partial charge in [-0.05, 0) is 67.3 Å². The van der Waals surface area contributed by atoms with E-state index in [4.69, 9.17) is 22.0 Å². The summed E-state index contributed by atoms with van der Waals surface area (Å²) in [5, 5.41) is 33.4. The van der Waals surface area contributed by atoms with E-state index in [1.165, 1.54) is 6.92 Å². The van der Waals surface area contributed by atoms with E-state index in [2.05, 4.69) is 16.0 Å². The predicted molar refractivity (Wildman–Crippen MR) is 185 cm³/mol. The number of carbonyl (C=O) groups excluding carboxylic acids is 4. The lowest BCUT2D eigenvalue weighted by atomic mass is 9.90. The summed E-state index contributed by atoms with van der Waals surface area (Å²) in [5.74, 6) is -4.52.